The Kier molecular flexibility index (Phi) is 8.75. The number of nitrogens with one attached hydrogen (secondary N) is 2. The van der Waals surface area contributed by atoms with Crippen LogP contribution in [0, 0.1) is 0 Å². The Bertz CT molecular complexity index is 1060. The monoisotopic (exact) mass is 495 g/mol. The zero-order valence-electron chi connectivity index (χ0n) is 19.2. The Hall–Kier alpha value is -3.74. The van der Waals surface area contributed by atoms with Crippen molar-refractivity contribution in [2.45, 2.75) is 45.0 Å². The van der Waals surface area contributed by atoms with Gasteiger partial charge in [0, 0.05) is 6.42 Å². The van der Waals surface area contributed by atoms with Gasteiger partial charge in [0.2, 0.25) is 5.91 Å². The fourth-order valence-corrected chi connectivity index (χ4v) is 2.78. The average molecular weight is 495 g/mol. The molecular formula is C22H25BF3N3O6. The number of halogens is 3. The van der Waals surface area contributed by atoms with Crippen molar-refractivity contribution in [1.82, 2.24) is 5.32 Å². The minimum Gasteiger partial charge on any atom is -0.499 e. The van der Waals surface area contributed by atoms with Gasteiger partial charge in [-0.15, -0.1) is 0 Å². The fourth-order valence-electron chi connectivity index (χ4n) is 2.78. The number of benzene rings is 2. The van der Waals surface area contributed by atoms with E-state index in [0.717, 1.165) is 0 Å². The number of nitrogen functional groups attached to an aromatic ring is 1. The van der Waals surface area contributed by atoms with Crippen molar-refractivity contribution in [1.29, 1.82) is 0 Å². The molecule has 1 atom stereocenters. The Labute approximate surface area is 199 Å². The Morgan fingerprint density at radius 2 is 1.66 bits per heavy atom. The predicted molar refractivity (Wildman–Crippen MR) is 123 cm³/mol. The lowest BCUT2D eigenvalue weighted by molar-refractivity contribution is -0.190. The molecule has 13 heteroatoms. The zero-order valence-corrected chi connectivity index (χ0v) is 19.2. The van der Waals surface area contributed by atoms with Crippen LogP contribution in [-0.2, 0) is 25.4 Å². The van der Waals surface area contributed by atoms with Gasteiger partial charge in [0.1, 0.15) is 11.6 Å². The van der Waals surface area contributed by atoms with Crippen molar-refractivity contribution in [3.05, 3.63) is 54.1 Å². The van der Waals surface area contributed by atoms with Crippen LogP contribution >= 0.6 is 0 Å². The molecule has 35 heavy (non-hydrogen) atoms. The number of alkyl carbamates (subject to hydrolysis) is 1. The molecule has 0 saturated heterocycles. The summed E-state index contributed by atoms with van der Waals surface area (Å²) in [5, 5.41) is 14.8. The van der Waals surface area contributed by atoms with Gasteiger partial charge in [-0.3, -0.25) is 4.79 Å². The van der Waals surface area contributed by atoms with Gasteiger partial charge in [-0.05, 0) is 43.9 Å². The molecule has 9 nitrogen and oxygen atoms in total. The second kappa shape index (κ2) is 11.1. The molecule has 0 saturated carbocycles. The number of amides is 2. The first-order valence-corrected chi connectivity index (χ1v) is 10.4. The number of carbonyl (C=O) groups is 3. The van der Waals surface area contributed by atoms with Crippen LogP contribution in [-0.4, -0.2) is 47.9 Å². The summed E-state index contributed by atoms with van der Waals surface area (Å²) in [5.74, 6) is -3.13. The van der Waals surface area contributed by atoms with E-state index in [9.17, 15) is 32.6 Å². The molecule has 2 amide bonds. The molecule has 2 aromatic carbocycles. The minimum absolute atomic E-state index is 0.0451. The number of nitrogens with two attached hydrogens (primary N) is 1. The molecule has 5 N–H and O–H groups in total. The van der Waals surface area contributed by atoms with Crippen LogP contribution in [0.25, 0.3) is 0 Å². The average Bonchev–Trinajstić information content (AvgIpc) is 2.73. The first kappa shape index (κ1) is 27.5. The quantitative estimate of drug-likeness (QED) is 0.341. The van der Waals surface area contributed by atoms with Crippen molar-refractivity contribution in [3.63, 3.8) is 0 Å². The van der Waals surface area contributed by atoms with Crippen LogP contribution in [0.2, 0.25) is 0 Å². The number of carbonyl (C=O) groups excluding carboxylic acids is 3. The van der Waals surface area contributed by atoms with Crippen LogP contribution in [0.5, 0.6) is 0 Å². The van der Waals surface area contributed by atoms with Crippen LogP contribution in [0.15, 0.2) is 48.5 Å². The third kappa shape index (κ3) is 8.85. The Balaban J connectivity index is 2.17. The summed E-state index contributed by atoms with van der Waals surface area (Å²) >= 11 is 0. The summed E-state index contributed by atoms with van der Waals surface area (Å²) in [5.41, 5.74) is 6.03. The zero-order chi connectivity index (χ0) is 26.4. The van der Waals surface area contributed by atoms with Gasteiger partial charge >= 0.3 is 25.4 Å². The molecule has 2 rings (SSSR count). The minimum atomic E-state index is -5.25. The van der Waals surface area contributed by atoms with Crippen molar-refractivity contribution in [2.24, 2.45) is 0 Å². The molecule has 0 aliphatic carbocycles. The lowest BCUT2D eigenvalue weighted by atomic mass is 9.79. The maximum atomic E-state index is 12.9. The van der Waals surface area contributed by atoms with Crippen molar-refractivity contribution in [2.75, 3.05) is 11.1 Å². The van der Waals surface area contributed by atoms with E-state index in [-0.39, 0.29) is 11.9 Å². The van der Waals surface area contributed by atoms with Gasteiger partial charge in [-0.1, -0.05) is 36.4 Å². The van der Waals surface area contributed by atoms with Crippen LogP contribution in [0.4, 0.5) is 29.3 Å². The summed E-state index contributed by atoms with van der Waals surface area (Å²) in [6.07, 6.45) is -6.14. The molecule has 2 aromatic rings. The highest BCUT2D eigenvalue weighted by molar-refractivity contribution is 6.61. The molecule has 0 spiro atoms. The third-order valence-electron chi connectivity index (χ3n) is 4.38. The maximum absolute atomic E-state index is 12.9. The van der Waals surface area contributed by atoms with Gasteiger partial charge in [0.05, 0.1) is 11.4 Å². The summed E-state index contributed by atoms with van der Waals surface area (Å²) in [6.45, 7) is 4.96. The molecule has 0 heterocycles. The normalized spacial score (nSPS) is 12.3. The number of anilines is 2. The molecule has 0 aliphatic heterocycles. The highest BCUT2D eigenvalue weighted by Crippen LogP contribution is 2.18. The van der Waals surface area contributed by atoms with Crippen molar-refractivity contribution in [3.8, 4) is 0 Å². The van der Waals surface area contributed by atoms with Crippen LogP contribution in [0.1, 0.15) is 26.3 Å². The Morgan fingerprint density at radius 1 is 1.06 bits per heavy atom. The smallest absolute Gasteiger partial charge is 0.499 e. The molecule has 0 aliphatic rings. The van der Waals surface area contributed by atoms with E-state index in [1.165, 1.54) is 24.3 Å². The lowest BCUT2D eigenvalue weighted by Crippen LogP contribution is -2.47. The highest BCUT2D eigenvalue weighted by Gasteiger charge is 2.43. The second-order valence-corrected chi connectivity index (χ2v) is 8.48. The van der Waals surface area contributed by atoms with E-state index in [1.54, 1.807) is 45.0 Å². The van der Waals surface area contributed by atoms with E-state index in [0.29, 0.717) is 16.9 Å². The van der Waals surface area contributed by atoms with Crippen LogP contribution in [0.3, 0.4) is 0 Å². The van der Waals surface area contributed by atoms with E-state index in [4.69, 9.17) is 10.5 Å². The number of ether oxygens (including phenoxy) is 1. The standard InChI is InChI=1S/C22H25BF3N3O6/c1-21(2,3)34-20(32)29-17(18(30)28-16-7-5-4-6-15(16)27)12-13-8-10-14(11-9-13)23(33)35-19(31)22(24,25)26/h4-11,17,33H,12,27H2,1-3H3,(H,28,30)(H,29,32). The van der Waals surface area contributed by atoms with E-state index in [2.05, 4.69) is 15.3 Å². The second-order valence-electron chi connectivity index (χ2n) is 8.48. The molecule has 0 radical (unpaired) electrons. The summed E-state index contributed by atoms with van der Waals surface area (Å²) in [6, 6.07) is 10.6. The first-order valence-electron chi connectivity index (χ1n) is 10.4. The summed E-state index contributed by atoms with van der Waals surface area (Å²) in [7, 11) is -2.14. The molecular weight excluding hydrogens is 470 g/mol. The van der Waals surface area contributed by atoms with Gasteiger partial charge in [0.25, 0.3) is 0 Å². The topological polar surface area (TPSA) is 140 Å². The van der Waals surface area contributed by atoms with E-state index in [1.807, 2.05) is 0 Å². The Morgan fingerprint density at radius 3 is 2.20 bits per heavy atom. The molecule has 0 aromatic heterocycles. The van der Waals surface area contributed by atoms with Gasteiger partial charge in [-0.2, -0.15) is 13.2 Å². The molecule has 188 valence electrons. The lowest BCUT2D eigenvalue weighted by Gasteiger charge is -2.23. The first-order chi connectivity index (χ1) is 16.2. The summed E-state index contributed by atoms with van der Waals surface area (Å²) < 4.78 is 46.2. The van der Waals surface area contributed by atoms with Gasteiger partial charge in [0.15, 0.2) is 0 Å². The number of alkyl halides is 3. The predicted octanol–water partition coefficient (Wildman–Crippen LogP) is 2.14. The highest BCUT2D eigenvalue weighted by atomic mass is 19.4. The largest absolute Gasteiger partial charge is 0.562 e. The number of hydrogen-bond donors (Lipinski definition) is 4. The number of hydrogen-bond acceptors (Lipinski definition) is 7. The molecule has 0 fully saturated rings. The van der Waals surface area contributed by atoms with Crippen molar-refractivity contribution >= 4 is 41.9 Å². The third-order valence-corrected chi connectivity index (χ3v) is 4.38. The summed E-state index contributed by atoms with van der Waals surface area (Å²) in [4.78, 5) is 36.1. The van der Waals surface area contributed by atoms with Gasteiger partial charge < -0.3 is 30.8 Å². The number of para-hydroxylation sites is 2. The van der Waals surface area contributed by atoms with Crippen molar-refractivity contribution < 1.29 is 42.0 Å². The van der Waals surface area contributed by atoms with E-state index < -0.39 is 42.9 Å². The van der Waals surface area contributed by atoms with Gasteiger partial charge in [-0.25, -0.2) is 9.59 Å². The number of rotatable bonds is 7. The molecule has 0 bridgehead atoms. The fraction of sp³-hybridized carbons (Fsp3) is 0.318. The molecule has 1 unspecified atom stereocenters. The SMILES string of the molecule is CC(C)(C)OC(=O)NC(Cc1ccc(B(O)OC(=O)C(F)(F)F)cc1)C(=O)Nc1ccccc1N. The van der Waals surface area contributed by atoms with Crippen LogP contribution < -0.4 is 21.8 Å². The van der Waals surface area contributed by atoms with E-state index >= 15 is 0 Å². The maximum Gasteiger partial charge on any atom is 0.562 e.